The van der Waals surface area contributed by atoms with Gasteiger partial charge in [0.1, 0.15) is 0 Å². The van der Waals surface area contributed by atoms with Crippen LogP contribution in [0.4, 0.5) is 0 Å². The van der Waals surface area contributed by atoms with Crippen LogP contribution in [0.15, 0.2) is 54.6 Å². The highest BCUT2D eigenvalue weighted by atomic mass is 32.1. The number of carboxylic acids is 1. The summed E-state index contributed by atoms with van der Waals surface area (Å²) in [5.41, 5.74) is 3.43. The van der Waals surface area contributed by atoms with Gasteiger partial charge in [-0.3, -0.25) is 4.79 Å². The summed E-state index contributed by atoms with van der Waals surface area (Å²) in [5, 5.41) is 8.63. The zero-order valence-electron chi connectivity index (χ0n) is 10.5. The fraction of sp³-hybridized carbons (Fsp3) is 0.188. The van der Waals surface area contributed by atoms with Crippen LogP contribution in [0.1, 0.15) is 12.0 Å². The number of aliphatic carboxylic acids is 1. The lowest BCUT2D eigenvalue weighted by atomic mass is 9.96. The SMILES string of the molecule is O=C(O)CC(S)Cc1ccccc1-c1ccccc1. The molecule has 1 atom stereocenters. The number of carbonyl (C=O) groups is 1. The molecule has 0 bridgehead atoms. The molecule has 0 aromatic heterocycles. The summed E-state index contributed by atoms with van der Waals surface area (Å²) in [6.07, 6.45) is 0.729. The van der Waals surface area contributed by atoms with Gasteiger partial charge in [-0.05, 0) is 23.1 Å². The zero-order chi connectivity index (χ0) is 13.7. The normalized spacial score (nSPS) is 12.1. The molecule has 2 rings (SSSR count). The number of hydrogen-bond donors (Lipinski definition) is 2. The Morgan fingerprint density at radius 1 is 1.05 bits per heavy atom. The van der Waals surface area contributed by atoms with E-state index in [1.165, 1.54) is 0 Å². The predicted molar refractivity (Wildman–Crippen MR) is 80.6 cm³/mol. The highest BCUT2D eigenvalue weighted by Crippen LogP contribution is 2.25. The van der Waals surface area contributed by atoms with Crippen LogP contribution in [0, 0.1) is 0 Å². The third-order valence-electron chi connectivity index (χ3n) is 2.97. The van der Waals surface area contributed by atoms with E-state index in [2.05, 4.69) is 30.8 Å². The molecule has 3 heteroatoms. The van der Waals surface area contributed by atoms with Gasteiger partial charge in [-0.25, -0.2) is 0 Å². The number of benzene rings is 2. The van der Waals surface area contributed by atoms with Crippen molar-refractivity contribution in [1.29, 1.82) is 0 Å². The lowest BCUT2D eigenvalue weighted by molar-refractivity contribution is -0.136. The largest absolute Gasteiger partial charge is 0.481 e. The molecule has 0 aliphatic carbocycles. The third kappa shape index (κ3) is 3.86. The molecule has 2 nitrogen and oxygen atoms in total. The van der Waals surface area contributed by atoms with Crippen LogP contribution in [-0.2, 0) is 11.2 Å². The molecule has 0 saturated carbocycles. The van der Waals surface area contributed by atoms with E-state index < -0.39 is 5.97 Å². The molecule has 0 spiro atoms. The fourth-order valence-electron chi connectivity index (χ4n) is 2.13. The Morgan fingerprint density at radius 2 is 1.68 bits per heavy atom. The Labute approximate surface area is 118 Å². The molecule has 0 heterocycles. The van der Waals surface area contributed by atoms with Crippen LogP contribution in [0.25, 0.3) is 11.1 Å². The van der Waals surface area contributed by atoms with Crippen molar-refractivity contribution in [3.63, 3.8) is 0 Å². The van der Waals surface area contributed by atoms with Crippen molar-refractivity contribution < 1.29 is 9.90 Å². The lowest BCUT2D eigenvalue weighted by Crippen LogP contribution is -2.10. The smallest absolute Gasteiger partial charge is 0.304 e. The topological polar surface area (TPSA) is 37.3 Å². The van der Waals surface area contributed by atoms with Crippen molar-refractivity contribution >= 4 is 18.6 Å². The van der Waals surface area contributed by atoms with Gasteiger partial charge >= 0.3 is 5.97 Å². The van der Waals surface area contributed by atoms with Crippen molar-refractivity contribution in [2.75, 3.05) is 0 Å². The molecule has 1 unspecified atom stereocenters. The van der Waals surface area contributed by atoms with Crippen molar-refractivity contribution in [2.45, 2.75) is 18.1 Å². The molecule has 2 aromatic rings. The van der Waals surface area contributed by atoms with Crippen molar-refractivity contribution in [1.82, 2.24) is 0 Å². The number of rotatable bonds is 5. The van der Waals surface area contributed by atoms with Crippen LogP contribution in [0.3, 0.4) is 0 Å². The van der Waals surface area contributed by atoms with Gasteiger partial charge < -0.3 is 5.11 Å². The van der Waals surface area contributed by atoms with Crippen molar-refractivity contribution in [3.8, 4) is 11.1 Å². The fourth-order valence-corrected chi connectivity index (χ4v) is 2.48. The lowest BCUT2D eigenvalue weighted by Gasteiger charge is -2.13. The Morgan fingerprint density at radius 3 is 2.37 bits per heavy atom. The van der Waals surface area contributed by atoms with Crippen LogP contribution in [0.5, 0.6) is 0 Å². The highest BCUT2D eigenvalue weighted by molar-refractivity contribution is 7.81. The van der Waals surface area contributed by atoms with E-state index in [1.54, 1.807) is 0 Å². The molecule has 0 radical (unpaired) electrons. The summed E-state index contributed by atoms with van der Waals surface area (Å²) in [6, 6.07) is 18.2. The average Bonchev–Trinajstić information content (AvgIpc) is 2.39. The molecule has 2 aromatic carbocycles. The molecule has 0 amide bonds. The van der Waals surface area contributed by atoms with Gasteiger partial charge in [-0.1, -0.05) is 54.6 Å². The number of thiol groups is 1. The van der Waals surface area contributed by atoms with Crippen LogP contribution < -0.4 is 0 Å². The van der Waals surface area contributed by atoms with Crippen LogP contribution >= 0.6 is 12.6 Å². The first-order valence-electron chi connectivity index (χ1n) is 6.20. The Kier molecular flexibility index (Phi) is 4.63. The minimum absolute atomic E-state index is 0.0756. The second-order valence-electron chi connectivity index (χ2n) is 4.48. The maximum atomic E-state index is 10.7. The Bertz CT molecular complexity index is 552. The monoisotopic (exact) mass is 272 g/mol. The molecule has 0 saturated heterocycles. The second kappa shape index (κ2) is 6.43. The molecule has 1 N–H and O–H groups in total. The zero-order valence-corrected chi connectivity index (χ0v) is 11.4. The van der Waals surface area contributed by atoms with Crippen LogP contribution in [0.2, 0.25) is 0 Å². The Balaban J connectivity index is 2.24. The van der Waals surface area contributed by atoms with Gasteiger partial charge in [0.15, 0.2) is 0 Å². The number of hydrogen-bond acceptors (Lipinski definition) is 2. The average molecular weight is 272 g/mol. The quantitative estimate of drug-likeness (QED) is 0.815. The molecule has 98 valence electrons. The van der Waals surface area contributed by atoms with Gasteiger partial charge in [0.2, 0.25) is 0 Å². The van der Waals surface area contributed by atoms with E-state index in [0.29, 0.717) is 6.42 Å². The van der Waals surface area contributed by atoms with E-state index in [1.807, 2.05) is 36.4 Å². The molecule has 0 aliphatic heterocycles. The maximum Gasteiger partial charge on any atom is 0.304 e. The standard InChI is InChI=1S/C16H16O2S/c17-16(18)11-14(19)10-13-8-4-5-9-15(13)12-6-2-1-3-7-12/h1-9,14,19H,10-11H2,(H,17,18). The summed E-state index contributed by atoms with van der Waals surface area (Å²) in [5.74, 6) is -0.808. The Hall–Kier alpha value is -1.74. The summed E-state index contributed by atoms with van der Waals surface area (Å²) >= 11 is 4.36. The summed E-state index contributed by atoms with van der Waals surface area (Å²) < 4.78 is 0. The first kappa shape index (κ1) is 13.7. The van der Waals surface area contributed by atoms with Gasteiger partial charge in [-0.2, -0.15) is 12.6 Å². The van der Waals surface area contributed by atoms with E-state index >= 15 is 0 Å². The van der Waals surface area contributed by atoms with Crippen LogP contribution in [-0.4, -0.2) is 16.3 Å². The van der Waals surface area contributed by atoms with E-state index in [4.69, 9.17) is 5.11 Å². The van der Waals surface area contributed by atoms with E-state index in [0.717, 1.165) is 16.7 Å². The van der Waals surface area contributed by atoms with Crippen molar-refractivity contribution in [2.24, 2.45) is 0 Å². The van der Waals surface area contributed by atoms with Crippen molar-refractivity contribution in [3.05, 3.63) is 60.2 Å². The summed E-state index contributed by atoms with van der Waals surface area (Å²) in [7, 11) is 0. The highest BCUT2D eigenvalue weighted by Gasteiger charge is 2.12. The minimum atomic E-state index is -0.808. The molecule has 0 fully saturated rings. The third-order valence-corrected chi connectivity index (χ3v) is 3.33. The van der Waals surface area contributed by atoms with Gasteiger partial charge in [0.25, 0.3) is 0 Å². The van der Waals surface area contributed by atoms with E-state index in [-0.39, 0.29) is 11.7 Å². The maximum absolute atomic E-state index is 10.7. The van der Waals surface area contributed by atoms with Gasteiger partial charge in [-0.15, -0.1) is 0 Å². The molecular weight excluding hydrogens is 256 g/mol. The summed E-state index contributed by atoms with van der Waals surface area (Å²) in [4.78, 5) is 10.7. The van der Waals surface area contributed by atoms with E-state index in [9.17, 15) is 4.79 Å². The minimum Gasteiger partial charge on any atom is -0.481 e. The molecule has 0 aliphatic rings. The molecule has 19 heavy (non-hydrogen) atoms. The second-order valence-corrected chi connectivity index (χ2v) is 5.21. The summed E-state index contributed by atoms with van der Waals surface area (Å²) in [6.45, 7) is 0. The first-order chi connectivity index (χ1) is 9.16. The molecular formula is C16H16O2S. The first-order valence-corrected chi connectivity index (χ1v) is 6.71. The van der Waals surface area contributed by atoms with Gasteiger partial charge in [0, 0.05) is 5.25 Å². The van der Waals surface area contributed by atoms with Gasteiger partial charge in [0.05, 0.1) is 6.42 Å². The number of carboxylic acid groups (broad SMARTS) is 1. The predicted octanol–water partition coefficient (Wildman–Crippen LogP) is 3.67.